The van der Waals surface area contributed by atoms with Crippen LogP contribution in [0.3, 0.4) is 0 Å². The first-order valence-electron chi connectivity index (χ1n) is 10.1. The molecule has 1 fully saturated rings. The van der Waals surface area contributed by atoms with E-state index in [0.29, 0.717) is 29.9 Å². The second-order valence-electron chi connectivity index (χ2n) is 7.47. The first-order chi connectivity index (χ1) is 15.7. The van der Waals surface area contributed by atoms with Gasteiger partial charge >= 0.3 is 6.18 Å². The largest absolute Gasteiger partial charge is 0.469 e. The fourth-order valence-electron chi connectivity index (χ4n) is 3.48. The highest BCUT2D eigenvalue weighted by atomic mass is 35.5. The van der Waals surface area contributed by atoms with E-state index in [1.807, 2.05) is 11.5 Å². The average molecular weight is 501 g/mol. The van der Waals surface area contributed by atoms with Crippen molar-refractivity contribution in [1.29, 1.82) is 0 Å². The molecule has 3 heterocycles. The molecule has 0 aliphatic carbocycles. The Hall–Kier alpha value is -2.50. The van der Waals surface area contributed by atoms with Gasteiger partial charge in [0.1, 0.15) is 5.76 Å². The molecule has 176 valence electrons. The third kappa shape index (κ3) is 5.53. The van der Waals surface area contributed by atoms with E-state index in [-0.39, 0.29) is 22.6 Å². The number of furan rings is 1. The van der Waals surface area contributed by atoms with Crippen LogP contribution in [0.25, 0.3) is 11.4 Å². The summed E-state index contributed by atoms with van der Waals surface area (Å²) in [5.74, 6) is 0.666. The van der Waals surface area contributed by atoms with Gasteiger partial charge in [-0.05, 0) is 44.0 Å². The summed E-state index contributed by atoms with van der Waals surface area (Å²) in [7, 11) is 0. The van der Waals surface area contributed by atoms with Gasteiger partial charge < -0.3 is 14.5 Å². The molecule has 1 aliphatic heterocycles. The molecule has 1 unspecified atom stereocenters. The molecule has 12 heteroatoms. The first kappa shape index (κ1) is 23.7. The Morgan fingerprint density at radius 3 is 2.82 bits per heavy atom. The molecule has 2 aromatic heterocycles. The second kappa shape index (κ2) is 9.78. The zero-order valence-corrected chi connectivity index (χ0v) is 19.1. The number of halogens is 4. The number of ether oxygens (including phenoxy) is 1. The van der Waals surface area contributed by atoms with Gasteiger partial charge in [-0.2, -0.15) is 13.2 Å². The van der Waals surface area contributed by atoms with Crippen molar-refractivity contribution in [2.24, 2.45) is 0 Å². The number of hydrogen-bond donors (Lipinski definition) is 1. The summed E-state index contributed by atoms with van der Waals surface area (Å²) >= 11 is 7.09. The van der Waals surface area contributed by atoms with Gasteiger partial charge in [0.05, 0.1) is 46.5 Å². The van der Waals surface area contributed by atoms with Crippen LogP contribution >= 0.6 is 23.4 Å². The van der Waals surface area contributed by atoms with E-state index in [2.05, 4.69) is 15.5 Å². The molecule has 0 saturated carbocycles. The molecule has 7 nitrogen and oxygen atoms in total. The van der Waals surface area contributed by atoms with Crippen LogP contribution in [0.2, 0.25) is 5.02 Å². The Kier molecular flexibility index (Phi) is 7.01. The van der Waals surface area contributed by atoms with E-state index >= 15 is 0 Å². The minimum atomic E-state index is -4.54. The quantitative estimate of drug-likeness (QED) is 0.436. The molecular weight excluding hydrogens is 481 g/mol. The Morgan fingerprint density at radius 2 is 2.15 bits per heavy atom. The summed E-state index contributed by atoms with van der Waals surface area (Å²) in [5, 5.41) is 11.4. The van der Waals surface area contributed by atoms with E-state index in [0.717, 1.165) is 48.4 Å². The summed E-state index contributed by atoms with van der Waals surface area (Å²) in [5.41, 5.74) is -0.216. The van der Waals surface area contributed by atoms with Crippen LogP contribution < -0.4 is 5.32 Å². The van der Waals surface area contributed by atoms with Crippen LogP contribution in [0.5, 0.6) is 0 Å². The average Bonchev–Trinajstić information content (AvgIpc) is 3.50. The van der Waals surface area contributed by atoms with Gasteiger partial charge in [0, 0.05) is 6.61 Å². The molecule has 4 rings (SSSR count). The lowest BCUT2D eigenvalue weighted by Crippen LogP contribution is -2.18. The van der Waals surface area contributed by atoms with Crippen molar-refractivity contribution in [3.8, 4) is 11.4 Å². The second-order valence-corrected chi connectivity index (χ2v) is 8.82. The number of nitrogens with zero attached hydrogens (tertiary/aromatic N) is 3. The number of nitrogens with one attached hydrogen (secondary N) is 1. The van der Waals surface area contributed by atoms with E-state index in [1.165, 1.54) is 0 Å². The molecule has 1 N–H and O–H groups in total. The number of aromatic nitrogens is 3. The molecule has 1 amide bonds. The molecule has 1 atom stereocenters. The van der Waals surface area contributed by atoms with Crippen molar-refractivity contribution in [1.82, 2.24) is 14.8 Å². The number of benzene rings is 1. The van der Waals surface area contributed by atoms with Crippen molar-refractivity contribution in [3.05, 3.63) is 46.9 Å². The van der Waals surface area contributed by atoms with Gasteiger partial charge in [0.25, 0.3) is 0 Å². The minimum Gasteiger partial charge on any atom is -0.469 e. The maximum Gasteiger partial charge on any atom is 0.416 e. The number of amides is 1. The van der Waals surface area contributed by atoms with Gasteiger partial charge in [0.2, 0.25) is 5.91 Å². The highest BCUT2D eigenvalue weighted by Gasteiger charge is 2.31. The summed E-state index contributed by atoms with van der Waals surface area (Å²) in [4.78, 5) is 12.5. The van der Waals surface area contributed by atoms with Gasteiger partial charge in [-0.3, -0.25) is 9.36 Å². The van der Waals surface area contributed by atoms with E-state index in [4.69, 9.17) is 20.8 Å². The number of aryl methyl sites for hydroxylation is 1. The predicted octanol–water partition coefficient (Wildman–Crippen LogP) is 5.43. The normalized spacial score (nSPS) is 16.3. The smallest absolute Gasteiger partial charge is 0.416 e. The van der Waals surface area contributed by atoms with Crippen LogP contribution in [0.1, 0.15) is 24.2 Å². The SMILES string of the molecule is Cc1occc1-c1nnc(SCC(=O)Nc2cc(C(F)(F)F)ccc2Cl)n1CC1CCCO1. The van der Waals surface area contributed by atoms with Crippen LogP contribution in [0.4, 0.5) is 18.9 Å². The molecule has 0 bridgehead atoms. The Balaban J connectivity index is 1.49. The van der Waals surface area contributed by atoms with Crippen LogP contribution in [0, 0.1) is 6.92 Å². The van der Waals surface area contributed by atoms with Crippen molar-refractivity contribution >= 4 is 35.0 Å². The Morgan fingerprint density at radius 1 is 1.33 bits per heavy atom. The van der Waals surface area contributed by atoms with Gasteiger partial charge in [-0.15, -0.1) is 10.2 Å². The Labute approximate surface area is 196 Å². The first-order valence-corrected chi connectivity index (χ1v) is 11.5. The monoisotopic (exact) mass is 500 g/mol. The summed E-state index contributed by atoms with van der Waals surface area (Å²) < 4.78 is 51.9. The van der Waals surface area contributed by atoms with E-state index in [9.17, 15) is 18.0 Å². The van der Waals surface area contributed by atoms with Crippen molar-refractivity contribution in [2.75, 3.05) is 17.7 Å². The van der Waals surface area contributed by atoms with E-state index in [1.54, 1.807) is 12.3 Å². The number of carbonyl (C=O) groups is 1. The summed E-state index contributed by atoms with van der Waals surface area (Å²) in [6.07, 6.45) is -1.10. The zero-order valence-electron chi connectivity index (χ0n) is 17.5. The lowest BCUT2D eigenvalue weighted by Gasteiger charge is -2.14. The fraction of sp³-hybridized carbons (Fsp3) is 0.381. The topological polar surface area (TPSA) is 82.2 Å². The maximum absolute atomic E-state index is 13.0. The van der Waals surface area contributed by atoms with Gasteiger partial charge in [-0.25, -0.2) is 0 Å². The molecule has 0 spiro atoms. The molecule has 33 heavy (non-hydrogen) atoms. The molecular formula is C21H20ClF3N4O3S. The number of alkyl halides is 3. The number of thioether (sulfide) groups is 1. The summed E-state index contributed by atoms with van der Waals surface area (Å²) in [6.45, 7) is 3.02. The molecule has 1 saturated heterocycles. The van der Waals surface area contributed by atoms with Crippen LogP contribution in [-0.2, 0) is 22.3 Å². The lowest BCUT2D eigenvalue weighted by atomic mass is 10.2. The third-order valence-corrected chi connectivity index (χ3v) is 6.42. The standard InChI is InChI=1S/C21H20ClF3N4O3S/c1-12-15(6-8-31-12)19-27-28-20(29(19)10-14-3-2-7-32-14)33-11-18(30)26-17-9-13(21(23,24)25)4-5-16(17)22/h4-6,8-9,14H,2-3,7,10-11H2,1H3,(H,26,30). The van der Waals surface area contributed by atoms with Crippen molar-refractivity contribution in [2.45, 2.75) is 43.7 Å². The van der Waals surface area contributed by atoms with Gasteiger partial charge in [-0.1, -0.05) is 23.4 Å². The summed E-state index contributed by atoms with van der Waals surface area (Å²) in [6, 6.07) is 4.57. The molecule has 0 radical (unpaired) electrons. The number of hydrogen-bond acceptors (Lipinski definition) is 6. The molecule has 1 aliphatic rings. The number of anilines is 1. The minimum absolute atomic E-state index is 0.00375. The fourth-order valence-corrected chi connectivity index (χ4v) is 4.39. The highest BCUT2D eigenvalue weighted by molar-refractivity contribution is 7.99. The van der Waals surface area contributed by atoms with Crippen molar-refractivity contribution in [3.63, 3.8) is 0 Å². The van der Waals surface area contributed by atoms with Gasteiger partial charge in [0.15, 0.2) is 11.0 Å². The zero-order chi connectivity index (χ0) is 23.6. The van der Waals surface area contributed by atoms with Crippen LogP contribution in [0.15, 0.2) is 40.1 Å². The predicted molar refractivity (Wildman–Crippen MR) is 117 cm³/mol. The van der Waals surface area contributed by atoms with E-state index < -0.39 is 17.6 Å². The molecule has 3 aromatic rings. The molecule has 1 aromatic carbocycles. The number of rotatable bonds is 7. The van der Waals surface area contributed by atoms with Crippen LogP contribution in [-0.4, -0.2) is 39.1 Å². The Bertz CT molecular complexity index is 1140. The number of carbonyl (C=O) groups excluding carboxylic acids is 1. The lowest BCUT2D eigenvalue weighted by molar-refractivity contribution is -0.137. The third-order valence-electron chi connectivity index (χ3n) is 5.13. The highest BCUT2D eigenvalue weighted by Crippen LogP contribution is 2.34. The maximum atomic E-state index is 13.0. The van der Waals surface area contributed by atoms with Crippen molar-refractivity contribution < 1.29 is 27.1 Å².